The van der Waals surface area contributed by atoms with Gasteiger partial charge in [0.2, 0.25) is 0 Å². The summed E-state index contributed by atoms with van der Waals surface area (Å²) in [6, 6.07) is 9.87. The number of carbonyl (C=O) groups excluding carboxylic acids is 1. The first kappa shape index (κ1) is 11.1. The Morgan fingerprint density at radius 2 is 2.12 bits per heavy atom. The Balaban J connectivity index is 1.65. The van der Waals surface area contributed by atoms with Gasteiger partial charge in [-0.05, 0) is 5.56 Å². The third-order valence-electron chi connectivity index (χ3n) is 2.41. The number of ether oxygens (including phenoxy) is 3. The van der Waals surface area contributed by atoms with E-state index in [1.807, 2.05) is 30.3 Å². The number of epoxide rings is 1. The molecule has 0 saturated carbocycles. The van der Waals surface area contributed by atoms with Crippen molar-refractivity contribution in [2.45, 2.75) is 18.8 Å². The second kappa shape index (κ2) is 5.09. The van der Waals surface area contributed by atoms with Gasteiger partial charge in [0.1, 0.15) is 6.10 Å². The maximum atomic E-state index is 11.0. The van der Waals surface area contributed by atoms with Crippen LogP contribution in [0.1, 0.15) is 5.56 Å². The van der Waals surface area contributed by atoms with Crippen LogP contribution < -0.4 is 0 Å². The van der Waals surface area contributed by atoms with Gasteiger partial charge in [-0.2, -0.15) is 0 Å². The summed E-state index contributed by atoms with van der Waals surface area (Å²) in [5, 5.41) is 0. The Morgan fingerprint density at radius 1 is 1.38 bits per heavy atom. The molecule has 2 rings (SSSR count). The Labute approximate surface area is 94.1 Å². The zero-order chi connectivity index (χ0) is 11.4. The molecule has 0 spiro atoms. The summed E-state index contributed by atoms with van der Waals surface area (Å²) in [6.45, 7) is 0.962. The lowest BCUT2D eigenvalue weighted by Gasteiger charge is -2.01. The second-order valence-corrected chi connectivity index (χ2v) is 3.62. The van der Waals surface area contributed by atoms with Gasteiger partial charge in [0.25, 0.3) is 0 Å². The Bertz CT molecular complexity index is 349. The Morgan fingerprint density at radius 3 is 2.81 bits per heavy atom. The number of rotatable bonds is 5. The highest BCUT2D eigenvalue weighted by molar-refractivity contribution is 5.77. The number of esters is 1. The average Bonchev–Trinajstić information content (AvgIpc) is 3.09. The van der Waals surface area contributed by atoms with Crippen LogP contribution in [0.5, 0.6) is 0 Å². The quantitative estimate of drug-likeness (QED) is 0.553. The lowest BCUT2D eigenvalue weighted by atomic mass is 10.2. The first-order chi connectivity index (χ1) is 7.81. The molecule has 0 aromatic heterocycles. The molecule has 2 atom stereocenters. The highest BCUT2D eigenvalue weighted by atomic mass is 16.7. The molecular weight excluding hydrogens is 208 g/mol. The van der Waals surface area contributed by atoms with Gasteiger partial charge in [0.05, 0.1) is 20.3 Å². The van der Waals surface area contributed by atoms with Crippen molar-refractivity contribution in [3.63, 3.8) is 0 Å². The van der Waals surface area contributed by atoms with Crippen molar-refractivity contribution in [1.29, 1.82) is 0 Å². The smallest absolute Gasteiger partial charge is 0.337 e. The van der Waals surface area contributed by atoms with E-state index in [2.05, 4.69) is 4.74 Å². The van der Waals surface area contributed by atoms with Crippen molar-refractivity contribution in [3.8, 4) is 0 Å². The molecule has 1 aromatic carbocycles. The van der Waals surface area contributed by atoms with Gasteiger partial charge in [-0.25, -0.2) is 4.79 Å². The average molecular weight is 222 g/mol. The third kappa shape index (κ3) is 2.81. The SMILES string of the molecule is COC(=O)[C@H]1O[C@@H]1COCc1ccccc1. The number of carbonyl (C=O) groups is 1. The summed E-state index contributed by atoms with van der Waals surface area (Å²) >= 11 is 0. The molecule has 1 heterocycles. The lowest BCUT2D eigenvalue weighted by Crippen LogP contribution is -2.14. The summed E-state index contributed by atoms with van der Waals surface area (Å²) in [6.07, 6.45) is -0.572. The Hall–Kier alpha value is -1.39. The van der Waals surface area contributed by atoms with Gasteiger partial charge >= 0.3 is 5.97 Å². The van der Waals surface area contributed by atoms with Crippen molar-refractivity contribution < 1.29 is 19.0 Å². The minimum atomic E-state index is -0.430. The van der Waals surface area contributed by atoms with Crippen molar-refractivity contribution >= 4 is 5.97 Å². The Kier molecular flexibility index (Phi) is 3.54. The maximum absolute atomic E-state index is 11.0. The van der Waals surface area contributed by atoms with Crippen molar-refractivity contribution in [2.75, 3.05) is 13.7 Å². The molecule has 4 heteroatoms. The zero-order valence-corrected chi connectivity index (χ0v) is 9.09. The number of methoxy groups -OCH3 is 1. The van der Waals surface area contributed by atoms with Crippen LogP contribution in [-0.2, 0) is 25.6 Å². The largest absolute Gasteiger partial charge is 0.467 e. The molecular formula is C12H14O4. The molecule has 1 aliphatic rings. The molecule has 0 radical (unpaired) electrons. The highest BCUT2D eigenvalue weighted by Crippen LogP contribution is 2.23. The first-order valence-electron chi connectivity index (χ1n) is 5.16. The van der Waals surface area contributed by atoms with Crippen LogP contribution in [0.25, 0.3) is 0 Å². The molecule has 0 bridgehead atoms. The third-order valence-corrected chi connectivity index (χ3v) is 2.41. The molecule has 1 saturated heterocycles. The molecule has 86 valence electrons. The van der Waals surface area contributed by atoms with Crippen LogP contribution >= 0.6 is 0 Å². The van der Waals surface area contributed by atoms with E-state index in [0.717, 1.165) is 5.56 Å². The summed E-state index contributed by atoms with van der Waals surface area (Å²) in [7, 11) is 1.35. The molecule has 0 N–H and O–H groups in total. The minimum absolute atomic E-state index is 0.142. The summed E-state index contributed by atoms with van der Waals surface area (Å²) in [5.74, 6) is -0.326. The predicted molar refractivity (Wildman–Crippen MR) is 56.8 cm³/mol. The van der Waals surface area contributed by atoms with Crippen LogP contribution in [0.4, 0.5) is 0 Å². The fourth-order valence-electron chi connectivity index (χ4n) is 1.46. The van der Waals surface area contributed by atoms with E-state index in [1.165, 1.54) is 7.11 Å². The zero-order valence-electron chi connectivity index (χ0n) is 9.09. The van der Waals surface area contributed by atoms with Crippen molar-refractivity contribution in [2.24, 2.45) is 0 Å². The van der Waals surface area contributed by atoms with Gasteiger partial charge in [0, 0.05) is 0 Å². The van der Waals surface area contributed by atoms with E-state index < -0.39 is 6.10 Å². The fourth-order valence-corrected chi connectivity index (χ4v) is 1.46. The van der Waals surface area contributed by atoms with E-state index in [4.69, 9.17) is 9.47 Å². The van der Waals surface area contributed by atoms with Crippen LogP contribution in [0.3, 0.4) is 0 Å². The van der Waals surface area contributed by atoms with Crippen molar-refractivity contribution in [3.05, 3.63) is 35.9 Å². The van der Waals surface area contributed by atoms with Gasteiger partial charge in [-0.1, -0.05) is 30.3 Å². The normalized spacial score (nSPS) is 22.8. The minimum Gasteiger partial charge on any atom is -0.467 e. The first-order valence-corrected chi connectivity index (χ1v) is 5.16. The highest BCUT2D eigenvalue weighted by Gasteiger charge is 2.46. The van der Waals surface area contributed by atoms with Gasteiger partial charge in [-0.3, -0.25) is 0 Å². The number of hydrogen-bond acceptors (Lipinski definition) is 4. The van der Waals surface area contributed by atoms with Gasteiger partial charge in [0.15, 0.2) is 6.10 Å². The molecule has 0 unspecified atom stereocenters. The molecule has 0 aliphatic carbocycles. The van der Waals surface area contributed by atoms with Gasteiger partial charge in [-0.15, -0.1) is 0 Å². The molecule has 1 fully saturated rings. The predicted octanol–water partition coefficient (Wildman–Crippen LogP) is 1.14. The van der Waals surface area contributed by atoms with E-state index in [-0.39, 0.29) is 12.1 Å². The standard InChI is InChI=1S/C12H14O4/c1-14-12(13)11-10(16-11)8-15-7-9-5-3-2-4-6-9/h2-6,10-11H,7-8H2,1H3/t10-,11+/m1/s1. The van der Waals surface area contributed by atoms with E-state index in [9.17, 15) is 4.79 Å². The molecule has 0 amide bonds. The van der Waals surface area contributed by atoms with Crippen molar-refractivity contribution in [1.82, 2.24) is 0 Å². The molecule has 4 nitrogen and oxygen atoms in total. The van der Waals surface area contributed by atoms with Crippen LogP contribution in [0, 0.1) is 0 Å². The van der Waals surface area contributed by atoms with E-state index in [1.54, 1.807) is 0 Å². The maximum Gasteiger partial charge on any atom is 0.337 e. The van der Waals surface area contributed by atoms with Crippen LogP contribution in [0.2, 0.25) is 0 Å². The van der Waals surface area contributed by atoms with E-state index >= 15 is 0 Å². The lowest BCUT2D eigenvalue weighted by molar-refractivity contribution is -0.142. The molecule has 1 aliphatic heterocycles. The number of hydrogen-bond donors (Lipinski definition) is 0. The number of benzene rings is 1. The summed E-state index contributed by atoms with van der Waals surface area (Å²) in [5.41, 5.74) is 1.11. The second-order valence-electron chi connectivity index (χ2n) is 3.62. The summed E-state index contributed by atoms with van der Waals surface area (Å²) < 4.78 is 15.1. The van der Waals surface area contributed by atoms with Crippen LogP contribution in [0.15, 0.2) is 30.3 Å². The molecule has 1 aromatic rings. The van der Waals surface area contributed by atoms with Gasteiger partial charge < -0.3 is 14.2 Å². The fraction of sp³-hybridized carbons (Fsp3) is 0.417. The monoisotopic (exact) mass is 222 g/mol. The topological polar surface area (TPSA) is 48.1 Å². The summed E-state index contributed by atoms with van der Waals surface area (Å²) in [4.78, 5) is 11.0. The molecule has 16 heavy (non-hydrogen) atoms. The van der Waals surface area contributed by atoms with E-state index in [0.29, 0.717) is 13.2 Å². The van der Waals surface area contributed by atoms with Crippen LogP contribution in [-0.4, -0.2) is 31.9 Å².